The topological polar surface area (TPSA) is 92.9 Å². The number of hydrogen-bond acceptors (Lipinski definition) is 8. The lowest BCUT2D eigenvalue weighted by molar-refractivity contribution is 0.290. The summed E-state index contributed by atoms with van der Waals surface area (Å²) in [5.74, 6) is 3.40. The molecule has 212 valence electrons. The van der Waals surface area contributed by atoms with E-state index in [1.54, 1.807) is 24.3 Å². The molecule has 0 saturated carbocycles. The van der Waals surface area contributed by atoms with Gasteiger partial charge in [0.2, 0.25) is 11.8 Å². The fraction of sp³-hybridized carbons (Fsp3) is 0.118. The lowest BCUT2D eigenvalue weighted by Crippen LogP contribution is -2.26. The minimum atomic E-state index is 0.246. The molecule has 2 heterocycles. The van der Waals surface area contributed by atoms with Gasteiger partial charge in [-0.2, -0.15) is 15.2 Å². The van der Waals surface area contributed by atoms with E-state index in [9.17, 15) is 5.26 Å². The zero-order chi connectivity index (χ0) is 29.4. The third-order valence-corrected chi connectivity index (χ3v) is 7.45. The zero-order valence-electron chi connectivity index (χ0n) is 23.1. The molecule has 43 heavy (non-hydrogen) atoms. The van der Waals surface area contributed by atoms with Gasteiger partial charge in [-0.1, -0.05) is 95.4 Å². The Bertz CT molecular complexity index is 1790. The number of hydrogen-bond donors (Lipinski definition) is 0. The highest BCUT2D eigenvalue weighted by atomic mass is 127. The quantitative estimate of drug-likeness (QED) is 0.0852. The van der Waals surface area contributed by atoms with Crippen molar-refractivity contribution in [2.24, 2.45) is 4.99 Å². The SMILES string of the molecule is N#Cc1ccc(OCc2ccccc2)c(Oc2cc(Oc3cccc(C4=NCCN4CI)c3)nc(-c3ccccc3)n2)c1. The fourth-order valence-electron chi connectivity index (χ4n) is 4.54. The van der Waals surface area contributed by atoms with Crippen LogP contribution in [0.15, 0.2) is 114 Å². The molecule has 5 aromatic rings. The second kappa shape index (κ2) is 13.4. The standard InChI is InChI=1S/C34H26IN5O3/c35-23-40-17-16-37-34(40)27-12-7-13-28(19-27)42-31-20-32(39-33(38-31)26-10-5-2-6-11-26)43-30-18-25(21-36)14-15-29(30)41-22-24-8-3-1-4-9-24/h1-15,18-20H,16-17,22-23H2. The van der Waals surface area contributed by atoms with Gasteiger partial charge in [0.05, 0.1) is 28.8 Å². The first-order chi connectivity index (χ1) is 21.2. The van der Waals surface area contributed by atoms with Crippen LogP contribution >= 0.6 is 22.6 Å². The van der Waals surface area contributed by atoms with E-state index in [1.165, 1.54) is 0 Å². The van der Waals surface area contributed by atoms with Crippen LogP contribution in [0.5, 0.6) is 29.0 Å². The summed E-state index contributed by atoms with van der Waals surface area (Å²) in [6.07, 6.45) is 0. The van der Waals surface area contributed by atoms with Crippen molar-refractivity contribution < 1.29 is 14.2 Å². The predicted molar refractivity (Wildman–Crippen MR) is 173 cm³/mol. The maximum absolute atomic E-state index is 9.56. The van der Waals surface area contributed by atoms with Crippen molar-refractivity contribution in [2.45, 2.75) is 6.61 Å². The van der Waals surface area contributed by atoms with Crippen molar-refractivity contribution in [3.8, 4) is 46.5 Å². The summed E-state index contributed by atoms with van der Waals surface area (Å²) in [6.45, 7) is 2.02. The number of alkyl halides is 1. The molecule has 0 atom stereocenters. The van der Waals surface area contributed by atoms with Gasteiger partial charge in [0, 0.05) is 23.7 Å². The second-order valence-corrected chi connectivity index (χ2v) is 10.3. The molecule has 0 bridgehead atoms. The van der Waals surface area contributed by atoms with Gasteiger partial charge in [0.25, 0.3) is 0 Å². The normalized spacial score (nSPS) is 12.4. The van der Waals surface area contributed by atoms with Crippen LogP contribution in [0.1, 0.15) is 16.7 Å². The van der Waals surface area contributed by atoms with E-state index < -0.39 is 0 Å². The van der Waals surface area contributed by atoms with Crippen LogP contribution in [0.3, 0.4) is 0 Å². The number of ether oxygens (including phenoxy) is 3. The van der Waals surface area contributed by atoms with Crippen LogP contribution < -0.4 is 14.2 Å². The van der Waals surface area contributed by atoms with Gasteiger partial charge in [-0.05, 0) is 29.8 Å². The van der Waals surface area contributed by atoms with Crippen molar-refractivity contribution in [3.05, 3.63) is 126 Å². The van der Waals surface area contributed by atoms with Crippen molar-refractivity contribution in [2.75, 3.05) is 17.6 Å². The van der Waals surface area contributed by atoms with Crippen molar-refractivity contribution in [1.82, 2.24) is 14.9 Å². The highest BCUT2D eigenvalue weighted by Crippen LogP contribution is 2.35. The maximum atomic E-state index is 9.56. The summed E-state index contributed by atoms with van der Waals surface area (Å²) in [6, 6.07) is 36.1. The van der Waals surface area contributed by atoms with E-state index in [4.69, 9.17) is 19.2 Å². The lowest BCUT2D eigenvalue weighted by Gasteiger charge is -2.17. The van der Waals surface area contributed by atoms with Crippen LogP contribution in [0, 0.1) is 11.3 Å². The third-order valence-electron chi connectivity index (χ3n) is 6.63. The molecule has 0 saturated heterocycles. The van der Waals surface area contributed by atoms with Crippen molar-refractivity contribution in [1.29, 1.82) is 5.26 Å². The Morgan fingerprint density at radius 1 is 0.767 bits per heavy atom. The largest absolute Gasteiger partial charge is 0.485 e. The Morgan fingerprint density at radius 2 is 1.51 bits per heavy atom. The number of benzene rings is 4. The van der Waals surface area contributed by atoms with Gasteiger partial charge >= 0.3 is 0 Å². The predicted octanol–water partition coefficient (Wildman–Crippen LogP) is 7.63. The highest BCUT2D eigenvalue weighted by molar-refractivity contribution is 14.1. The third kappa shape index (κ3) is 6.93. The van der Waals surface area contributed by atoms with Crippen LogP contribution in [-0.2, 0) is 6.61 Å². The number of nitriles is 1. The average Bonchev–Trinajstić information content (AvgIpc) is 3.54. The minimum absolute atomic E-state index is 0.246. The molecule has 0 radical (unpaired) electrons. The van der Waals surface area contributed by atoms with Gasteiger partial charge in [-0.15, -0.1) is 0 Å². The van der Waals surface area contributed by atoms with Crippen LogP contribution in [0.2, 0.25) is 0 Å². The molecule has 1 aromatic heterocycles. The maximum Gasteiger partial charge on any atom is 0.226 e. The first-order valence-electron chi connectivity index (χ1n) is 13.7. The molecule has 1 aliphatic rings. The Kier molecular flexibility index (Phi) is 8.75. The van der Waals surface area contributed by atoms with Crippen LogP contribution in [-0.4, -0.2) is 38.3 Å². The molecule has 8 nitrogen and oxygen atoms in total. The minimum Gasteiger partial charge on any atom is -0.485 e. The van der Waals surface area contributed by atoms with Crippen LogP contribution in [0.4, 0.5) is 0 Å². The molecule has 4 aromatic carbocycles. The Hall–Kier alpha value is -4.95. The second-order valence-electron chi connectivity index (χ2n) is 9.60. The summed E-state index contributed by atoms with van der Waals surface area (Å²) >= 11 is 2.35. The van der Waals surface area contributed by atoms with Gasteiger partial charge in [-0.3, -0.25) is 4.99 Å². The molecule has 0 amide bonds. The van der Waals surface area contributed by atoms with E-state index in [0.717, 1.165) is 40.2 Å². The first kappa shape index (κ1) is 28.2. The van der Waals surface area contributed by atoms with E-state index in [2.05, 4.69) is 43.5 Å². The monoisotopic (exact) mass is 679 g/mol. The van der Waals surface area contributed by atoms with E-state index in [0.29, 0.717) is 41.1 Å². The van der Waals surface area contributed by atoms with E-state index >= 15 is 0 Å². The average molecular weight is 680 g/mol. The molecule has 0 N–H and O–H groups in total. The summed E-state index contributed by atoms with van der Waals surface area (Å²) in [5, 5.41) is 9.56. The fourth-order valence-corrected chi connectivity index (χ4v) is 5.21. The van der Waals surface area contributed by atoms with Gasteiger partial charge in [-0.25, -0.2) is 0 Å². The number of nitrogens with zero attached hydrogens (tertiary/aromatic N) is 5. The molecule has 0 spiro atoms. The molecule has 6 rings (SSSR count). The number of halogens is 1. The smallest absolute Gasteiger partial charge is 0.226 e. The van der Waals surface area contributed by atoms with Crippen molar-refractivity contribution in [3.63, 3.8) is 0 Å². The van der Waals surface area contributed by atoms with Crippen LogP contribution in [0.25, 0.3) is 11.4 Å². The first-order valence-corrected chi connectivity index (χ1v) is 15.2. The molecule has 0 fully saturated rings. The van der Waals surface area contributed by atoms with Gasteiger partial charge < -0.3 is 19.1 Å². The summed E-state index contributed by atoms with van der Waals surface area (Å²) in [7, 11) is 0. The Labute approximate surface area is 263 Å². The number of aromatic nitrogens is 2. The molecular formula is C34H26IN5O3. The summed E-state index contributed by atoms with van der Waals surface area (Å²) < 4.78 is 19.5. The molecule has 1 aliphatic heterocycles. The number of amidine groups is 1. The number of rotatable bonds is 10. The van der Waals surface area contributed by atoms with E-state index in [-0.39, 0.29) is 5.88 Å². The molecular weight excluding hydrogens is 653 g/mol. The van der Waals surface area contributed by atoms with Gasteiger partial charge in [0.15, 0.2) is 17.3 Å². The van der Waals surface area contributed by atoms with E-state index in [1.807, 2.05) is 84.9 Å². The lowest BCUT2D eigenvalue weighted by atomic mass is 10.2. The van der Waals surface area contributed by atoms with Crippen molar-refractivity contribution >= 4 is 28.4 Å². The summed E-state index contributed by atoms with van der Waals surface area (Å²) in [5.41, 5.74) is 3.22. The van der Waals surface area contributed by atoms with Gasteiger partial charge in [0.1, 0.15) is 18.2 Å². The number of aliphatic imine (C=N–C) groups is 1. The highest BCUT2D eigenvalue weighted by Gasteiger charge is 2.19. The Balaban J connectivity index is 1.33. The molecule has 0 unspecified atom stereocenters. The summed E-state index contributed by atoms with van der Waals surface area (Å²) in [4.78, 5) is 16.3. The molecule has 0 aliphatic carbocycles. The Morgan fingerprint density at radius 3 is 2.28 bits per heavy atom. The molecule has 9 heteroatoms. The zero-order valence-corrected chi connectivity index (χ0v) is 25.2.